The highest BCUT2D eigenvalue weighted by Gasteiger charge is 2.02. The van der Waals surface area contributed by atoms with Crippen LogP contribution in [-0.4, -0.2) is 22.4 Å². The van der Waals surface area contributed by atoms with Crippen molar-refractivity contribution in [3.8, 4) is 0 Å². The molecule has 0 amide bonds. The smallest absolute Gasteiger partial charge is 0.0709 e. The summed E-state index contributed by atoms with van der Waals surface area (Å²) in [5.41, 5.74) is 0.975. The summed E-state index contributed by atoms with van der Waals surface area (Å²) in [7, 11) is 0. The normalized spacial score (nSPS) is 14.9. The Kier molecular flexibility index (Phi) is 5.14. The van der Waals surface area contributed by atoms with Crippen molar-refractivity contribution in [2.45, 2.75) is 26.1 Å². The summed E-state index contributed by atoms with van der Waals surface area (Å²) in [5.74, 6) is 0. The van der Waals surface area contributed by atoms with Gasteiger partial charge in [-0.3, -0.25) is 0 Å². The molecule has 2 unspecified atom stereocenters. The maximum Gasteiger partial charge on any atom is 0.0709 e. The lowest BCUT2D eigenvalue weighted by molar-refractivity contribution is 0.243. The maximum absolute atomic E-state index is 9.41. The number of fused-ring (bicyclic) bond motifs is 1. The third-order valence-corrected chi connectivity index (χ3v) is 3.08. The number of aliphatic hydroxyl groups excluding tert-OH is 2. The molecule has 2 aromatic rings. The van der Waals surface area contributed by atoms with Gasteiger partial charge in [0.15, 0.2) is 0 Å². The van der Waals surface area contributed by atoms with Crippen LogP contribution in [0.5, 0.6) is 0 Å². The van der Waals surface area contributed by atoms with Gasteiger partial charge in [0, 0.05) is 18.1 Å². The molecule has 0 radical (unpaired) electrons. The van der Waals surface area contributed by atoms with Gasteiger partial charge >= 0.3 is 0 Å². The van der Waals surface area contributed by atoms with E-state index in [1.165, 1.54) is 5.39 Å². The fourth-order valence-corrected chi connectivity index (χ4v) is 1.99. The van der Waals surface area contributed by atoms with Crippen LogP contribution >= 0.6 is 0 Å². The largest absolute Gasteiger partial charge is 0.389 e. The third-order valence-electron chi connectivity index (χ3n) is 3.08. The Hall–Kier alpha value is -2.10. The Bertz CT molecular complexity index is 626. The topological polar surface area (TPSA) is 43.7 Å². The van der Waals surface area contributed by atoms with Gasteiger partial charge in [0.1, 0.15) is 0 Å². The summed E-state index contributed by atoms with van der Waals surface area (Å²) in [5, 5.41) is 21.2. The second-order valence-electron chi connectivity index (χ2n) is 5.10. The highest BCUT2D eigenvalue weighted by molar-refractivity contribution is 5.86. The summed E-state index contributed by atoms with van der Waals surface area (Å²) < 4.78 is 0. The first-order chi connectivity index (χ1) is 10.1. The molecule has 3 heteroatoms. The van der Waals surface area contributed by atoms with Crippen LogP contribution in [0.15, 0.2) is 67.0 Å². The van der Waals surface area contributed by atoms with E-state index in [0.29, 0.717) is 0 Å². The van der Waals surface area contributed by atoms with Crippen LogP contribution in [0.2, 0.25) is 0 Å². The van der Waals surface area contributed by atoms with Gasteiger partial charge < -0.3 is 15.1 Å². The van der Waals surface area contributed by atoms with Crippen LogP contribution in [0, 0.1) is 0 Å². The lowest BCUT2D eigenvalue weighted by atomic mass is 10.1. The van der Waals surface area contributed by atoms with E-state index in [-0.39, 0.29) is 0 Å². The number of anilines is 1. The summed E-state index contributed by atoms with van der Waals surface area (Å²) in [4.78, 5) is 1.88. The Balaban J connectivity index is 2.37. The molecular weight excluding hydrogens is 262 g/mol. The van der Waals surface area contributed by atoms with Gasteiger partial charge in [-0.2, -0.15) is 0 Å². The van der Waals surface area contributed by atoms with E-state index in [1.54, 1.807) is 38.4 Å². The van der Waals surface area contributed by atoms with Crippen LogP contribution in [-0.2, 0) is 0 Å². The molecule has 0 saturated heterocycles. The van der Waals surface area contributed by atoms with Crippen molar-refractivity contribution in [3.63, 3.8) is 0 Å². The molecule has 0 heterocycles. The van der Waals surface area contributed by atoms with Crippen molar-refractivity contribution in [3.05, 3.63) is 67.0 Å². The zero-order chi connectivity index (χ0) is 15.2. The summed E-state index contributed by atoms with van der Waals surface area (Å²) in [6.07, 6.45) is 5.95. The number of benzene rings is 2. The van der Waals surface area contributed by atoms with E-state index in [4.69, 9.17) is 0 Å². The first-order valence-corrected chi connectivity index (χ1v) is 7.06. The van der Waals surface area contributed by atoms with Gasteiger partial charge in [-0.05, 0) is 48.9 Å². The highest BCUT2D eigenvalue weighted by Crippen LogP contribution is 2.23. The second kappa shape index (κ2) is 7.07. The molecule has 0 bridgehead atoms. The van der Waals surface area contributed by atoms with E-state index in [2.05, 4.69) is 24.3 Å². The summed E-state index contributed by atoms with van der Waals surface area (Å²) in [6, 6.07) is 14.3. The monoisotopic (exact) mass is 283 g/mol. The molecule has 2 atom stereocenters. The molecule has 0 fully saturated rings. The lowest BCUT2D eigenvalue weighted by Gasteiger charge is -2.17. The SMILES string of the molecule is CC(O)C=CN(C=CC(C)O)c1ccc2ccccc2c1. The van der Waals surface area contributed by atoms with Gasteiger partial charge in [-0.15, -0.1) is 0 Å². The molecule has 0 saturated carbocycles. The van der Waals surface area contributed by atoms with Gasteiger partial charge in [-0.25, -0.2) is 0 Å². The van der Waals surface area contributed by atoms with Crippen LogP contribution in [0.25, 0.3) is 10.8 Å². The molecule has 110 valence electrons. The van der Waals surface area contributed by atoms with Crippen molar-refractivity contribution in [2.24, 2.45) is 0 Å². The van der Waals surface area contributed by atoms with Gasteiger partial charge in [0.05, 0.1) is 12.2 Å². The molecule has 0 aromatic heterocycles. The Morgan fingerprint density at radius 2 is 1.43 bits per heavy atom. The van der Waals surface area contributed by atoms with Gasteiger partial charge in [0.25, 0.3) is 0 Å². The molecule has 0 spiro atoms. The van der Waals surface area contributed by atoms with E-state index >= 15 is 0 Å². The number of aliphatic hydroxyl groups is 2. The fraction of sp³-hybridized carbons (Fsp3) is 0.222. The molecular formula is C18H21NO2. The van der Waals surface area contributed by atoms with Crippen molar-refractivity contribution in [1.29, 1.82) is 0 Å². The summed E-state index contributed by atoms with van der Waals surface area (Å²) in [6.45, 7) is 3.40. The van der Waals surface area contributed by atoms with Crippen LogP contribution in [0.4, 0.5) is 5.69 Å². The standard InChI is InChI=1S/C18H21NO2/c1-14(20)9-11-19(12-10-15(2)21)18-8-7-16-5-3-4-6-17(16)13-18/h3-15,20-21H,1-2H3. The number of hydrogen-bond donors (Lipinski definition) is 2. The molecule has 3 nitrogen and oxygen atoms in total. The molecule has 0 aliphatic carbocycles. The van der Waals surface area contributed by atoms with E-state index in [1.807, 2.05) is 23.1 Å². The van der Waals surface area contributed by atoms with E-state index < -0.39 is 12.2 Å². The average Bonchev–Trinajstić information content (AvgIpc) is 2.46. The maximum atomic E-state index is 9.41. The van der Waals surface area contributed by atoms with Crippen LogP contribution in [0.3, 0.4) is 0 Å². The zero-order valence-electron chi connectivity index (χ0n) is 12.3. The van der Waals surface area contributed by atoms with Crippen molar-refractivity contribution in [1.82, 2.24) is 0 Å². The van der Waals surface area contributed by atoms with E-state index in [0.717, 1.165) is 11.1 Å². The minimum Gasteiger partial charge on any atom is -0.389 e. The number of rotatable bonds is 5. The minimum atomic E-state index is -0.520. The Morgan fingerprint density at radius 3 is 2.00 bits per heavy atom. The highest BCUT2D eigenvalue weighted by atomic mass is 16.3. The first-order valence-electron chi connectivity index (χ1n) is 7.06. The zero-order valence-corrected chi connectivity index (χ0v) is 12.3. The van der Waals surface area contributed by atoms with Crippen molar-refractivity contribution in [2.75, 3.05) is 4.90 Å². The molecule has 2 aromatic carbocycles. The van der Waals surface area contributed by atoms with Gasteiger partial charge in [0.2, 0.25) is 0 Å². The number of hydrogen-bond acceptors (Lipinski definition) is 3. The molecule has 2 N–H and O–H groups in total. The molecule has 0 aliphatic heterocycles. The first kappa shape index (κ1) is 15.3. The quantitative estimate of drug-likeness (QED) is 0.883. The predicted molar refractivity (Wildman–Crippen MR) is 88.1 cm³/mol. The fourth-order valence-electron chi connectivity index (χ4n) is 1.99. The second-order valence-corrected chi connectivity index (χ2v) is 5.10. The average molecular weight is 283 g/mol. The van der Waals surface area contributed by atoms with Crippen LogP contribution < -0.4 is 4.90 Å². The summed E-state index contributed by atoms with van der Waals surface area (Å²) >= 11 is 0. The van der Waals surface area contributed by atoms with Crippen molar-refractivity contribution < 1.29 is 10.2 Å². The third kappa shape index (κ3) is 4.45. The van der Waals surface area contributed by atoms with Crippen molar-refractivity contribution >= 4 is 16.5 Å². The van der Waals surface area contributed by atoms with Crippen LogP contribution in [0.1, 0.15) is 13.8 Å². The Morgan fingerprint density at radius 1 is 0.857 bits per heavy atom. The van der Waals surface area contributed by atoms with E-state index in [9.17, 15) is 10.2 Å². The molecule has 21 heavy (non-hydrogen) atoms. The Labute approximate surface area is 125 Å². The van der Waals surface area contributed by atoms with Gasteiger partial charge in [-0.1, -0.05) is 30.3 Å². The molecule has 2 rings (SSSR count). The lowest BCUT2D eigenvalue weighted by Crippen LogP contribution is -2.10. The minimum absolute atomic E-state index is 0.520. The number of nitrogens with zero attached hydrogens (tertiary/aromatic N) is 1. The molecule has 0 aliphatic rings. The predicted octanol–water partition coefficient (Wildman–Crippen LogP) is 3.44.